The molecule has 0 aromatic carbocycles. The van der Waals surface area contributed by atoms with E-state index in [0.717, 1.165) is 0 Å². The second kappa shape index (κ2) is 8.00. The molecule has 0 radical (unpaired) electrons. The number of esters is 1. The van der Waals surface area contributed by atoms with Crippen molar-refractivity contribution in [1.82, 2.24) is 4.90 Å². The predicted octanol–water partition coefficient (Wildman–Crippen LogP) is 1.53. The van der Waals surface area contributed by atoms with Crippen molar-refractivity contribution in [2.75, 3.05) is 20.2 Å². The van der Waals surface area contributed by atoms with Crippen molar-refractivity contribution in [2.24, 2.45) is 17.8 Å². The lowest BCUT2D eigenvalue weighted by atomic mass is 10.0. The molecule has 0 aromatic rings. The van der Waals surface area contributed by atoms with Gasteiger partial charge in [-0.2, -0.15) is 0 Å². The van der Waals surface area contributed by atoms with Crippen LogP contribution in [0.3, 0.4) is 0 Å². The summed E-state index contributed by atoms with van der Waals surface area (Å²) in [5, 5.41) is 9.02. The Bertz CT molecular complexity index is 394. The van der Waals surface area contributed by atoms with Crippen LogP contribution in [0.5, 0.6) is 0 Å². The molecule has 2 atom stereocenters. The van der Waals surface area contributed by atoms with Gasteiger partial charge in [0.25, 0.3) is 0 Å². The van der Waals surface area contributed by atoms with Gasteiger partial charge in [0, 0.05) is 19.0 Å². The molecule has 1 amide bonds. The van der Waals surface area contributed by atoms with E-state index in [-0.39, 0.29) is 24.2 Å². The average molecular weight is 299 g/mol. The number of ether oxygens (including phenoxy) is 1. The van der Waals surface area contributed by atoms with Crippen LogP contribution in [0.1, 0.15) is 39.5 Å². The zero-order valence-electron chi connectivity index (χ0n) is 13.0. The minimum Gasteiger partial charge on any atom is -0.481 e. The molecular weight excluding hydrogens is 274 g/mol. The number of carboxylic acid groups (broad SMARTS) is 1. The van der Waals surface area contributed by atoms with Gasteiger partial charge in [-0.05, 0) is 25.2 Å². The van der Waals surface area contributed by atoms with Crippen LogP contribution in [-0.2, 0) is 19.1 Å². The molecule has 1 fully saturated rings. The number of nitrogens with zero attached hydrogens (tertiary/aromatic N) is 1. The molecule has 120 valence electrons. The first kappa shape index (κ1) is 17.5. The lowest BCUT2D eigenvalue weighted by Gasteiger charge is -2.27. The van der Waals surface area contributed by atoms with E-state index in [1.54, 1.807) is 4.90 Å². The lowest BCUT2D eigenvalue weighted by Crippen LogP contribution is -2.39. The third kappa shape index (κ3) is 5.36. The van der Waals surface area contributed by atoms with Crippen LogP contribution < -0.4 is 0 Å². The Balaban J connectivity index is 2.62. The van der Waals surface area contributed by atoms with Crippen molar-refractivity contribution in [3.8, 4) is 0 Å². The van der Waals surface area contributed by atoms with Crippen molar-refractivity contribution in [1.29, 1.82) is 0 Å². The number of hydrogen-bond donors (Lipinski definition) is 1. The van der Waals surface area contributed by atoms with Gasteiger partial charge in [0.1, 0.15) is 0 Å². The third-order valence-corrected chi connectivity index (χ3v) is 3.84. The van der Waals surface area contributed by atoms with Crippen LogP contribution >= 0.6 is 0 Å². The van der Waals surface area contributed by atoms with Crippen LogP contribution in [-0.4, -0.2) is 48.1 Å². The molecule has 0 bridgehead atoms. The van der Waals surface area contributed by atoms with Gasteiger partial charge in [0.15, 0.2) is 0 Å². The summed E-state index contributed by atoms with van der Waals surface area (Å²) < 4.78 is 4.60. The number of methoxy groups -OCH3 is 1. The molecule has 1 aliphatic carbocycles. The molecule has 0 heterocycles. The van der Waals surface area contributed by atoms with E-state index in [0.29, 0.717) is 38.3 Å². The summed E-state index contributed by atoms with van der Waals surface area (Å²) in [7, 11) is 1.32. The van der Waals surface area contributed by atoms with Crippen molar-refractivity contribution < 1.29 is 24.2 Å². The highest BCUT2D eigenvalue weighted by Crippen LogP contribution is 2.32. The molecule has 1 aliphatic rings. The fourth-order valence-electron chi connectivity index (χ4n) is 2.75. The lowest BCUT2D eigenvalue weighted by molar-refractivity contribution is -0.142. The number of rotatable bonds is 7. The van der Waals surface area contributed by atoms with Crippen LogP contribution in [0.2, 0.25) is 0 Å². The Morgan fingerprint density at radius 3 is 2.33 bits per heavy atom. The molecule has 2 unspecified atom stereocenters. The Hall–Kier alpha value is -1.59. The molecule has 0 spiro atoms. The van der Waals surface area contributed by atoms with Gasteiger partial charge in [-0.3, -0.25) is 14.4 Å². The Morgan fingerprint density at radius 1 is 1.24 bits per heavy atom. The highest BCUT2D eigenvalue weighted by atomic mass is 16.5. The zero-order valence-corrected chi connectivity index (χ0v) is 13.0. The standard InChI is InChI=1S/C15H25NO5/c1-10(2)9-16(7-6-13(17)21-3)14(18)11-4-5-12(8-11)15(19)20/h10-12H,4-9H2,1-3H3,(H,19,20). The minimum atomic E-state index is -0.824. The monoisotopic (exact) mass is 299 g/mol. The topological polar surface area (TPSA) is 83.9 Å². The first-order valence-corrected chi connectivity index (χ1v) is 7.43. The molecule has 1 N–H and O–H groups in total. The van der Waals surface area contributed by atoms with E-state index < -0.39 is 11.9 Å². The summed E-state index contributed by atoms with van der Waals surface area (Å²) in [5.74, 6) is -1.55. The van der Waals surface area contributed by atoms with Gasteiger partial charge in [-0.25, -0.2) is 0 Å². The summed E-state index contributed by atoms with van der Waals surface area (Å²) in [6, 6.07) is 0. The Kier molecular flexibility index (Phi) is 6.65. The van der Waals surface area contributed by atoms with Crippen molar-refractivity contribution in [3.63, 3.8) is 0 Å². The maximum Gasteiger partial charge on any atom is 0.307 e. The molecule has 6 heteroatoms. The van der Waals surface area contributed by atoms with E-state index in [1.807, 2.05) is 13.8 Å². The normalized spacial score (nSPS) is 21.3. The fourth-order valence-corrected chi connectivity index (χ4v) is 2.75. The van der Waals surface area contributed by atoms with Crippen LogP contribution in [0.25, 0.3) is 0 Å². The van der Waals surface area contributed by atoms with Gasteiger partial charge in [-0.1, -0.05) is 13.8 Å². The molecule has 0 saturated heterocycles. The molecular formula is C15H25NO5. The Labute approximate surface area is 125 Å². The van der Waals surface area contributed by atoms with Gasteiger partial charge in [-0.15, -0.1) is 0 Å². The number of carbonyl (C=O) groups excluding carboxylic acids is 2. The van der Waals surface area contributed by atoms with Crippen LogP contribution in [0, 0.1) is 17.8 Å². The van der Waals surface area contributed by atoms with E-state index in [2.05, 4.69) is 4.74 Å². The van der Waals surface area contributed by atoms with E-state index >= 15 is 0 Å². The number of carboxylic acids is 1. The zero-order chi connectivity index (χ0) is 16.0. The molecule has 1 saturated carbocycles. The molecule has 0 aromatic heterocycles. The summed E-state index contributed by atoms with van der Waals surface area (Å²) in [6.45, 7) is 4.92. The van der Waals surface area contributed by atoms with Crippen LogP contribution in [0.4, 0.5) is 0 Å². The fraction of sp³-hybridized carbons (Fsp3) is 0.800. The smallest absolute Gasteiger partial charge is 0.307 e. The van der Waals surface area contributed by atoms with Gasteiger partial charge in [0.2, 0.25) is 5.91 Å². The van der Waals surface area contributed by atoms with Gasteiger partial charge >= 0.3 is 11.9 Å². The van der Waals surface area contributed by atoms with Gasteiger partial charge < -0.3 is 14.7 Å². The largest absolute Gasteiger partial charge is 0.481 e. The minimum absolute atomic E-state index is 0.0312. The predicted molar refractivity (Wildman–Crippen MR) is 76.5 cm³/mol. The summed E-state index contributed by atoms with van der Waals surface area (Å²) in [6.07, 6.45) is 1.74. The molecule has 1 rings (SSSR count). The third-order valence-electron chi connectivity index (χ3n) is 3.84. The number of amides is 1. The number of carbonyl (C=O) groups is 3. The Morgan fingerprint density at radius 2 is 1.86 bits per heavy atom. The van der Waals surface area contributed by atoms with Crippen molar-refractivity contribution in [3.05, 3.63) is 0 Å². The van der Waals surface area contributed by atoms with Gasteiger partial charge in [0.05, 0.1) is 19.4 Å². The van der Waals surface area contributed by atoms with E-state index in [9.17, 15) is 14.4 Å². The summed E-state index contributed by atoms with van der Waals surface area (Å²) in [4.78, 5) is 36.4. The number of aliphatic carboxylic acids is 1. The average Bonchev–Trinajstić information content (AvgIpc) is 2.91. The van der Waals surface area contributed by atoms with Crippen molar-refractivity contribution >= 4 is 17.8 Å². The highest BCUT2D eigenvalue weighted by molar-refractivity contribution is 5.81. The number of hydrogen-bond acceptors (Lipinski definition) is 4. The summed E-state index contributed by atoms with van der Waals surface area (Å²) in [5.41, 5.74) is 0. The maximum absolute atomic E-state index is 12.5. The van der Waals surface area contributed by atoms with Crippen molar-refractivity contribution in [2.45, 2.75) is 39.5 Å². The first-order chi connectivity index (χ1) is 9.85. The quantitative estimate of drug-likeness (QED) is 0.721. The second-order valence-electron chi connectivity index (χ2n) is 6.05. The first-order valence-electron chi connectivity index (χ1n) is 7.43. The maximum atomic E-state index is 12.5. The van der Waals surface area contributed by atoms with E-state index in [4.69, 9.17) is 5.11 Å². The van der Waals surface area contributed by atoms with E-state index in [1.165, 1.54) is 7.11 Å². The van der Waals surface area contributed by atoms with Crippen LogP contribution in [0.15, 0.2) is 0 Å². The molecule has 6 nitrogen and oxygen atoms in total. The molecule has 21 heavy (non-hydrogen) atoms. The molecule has 0 aliphatic heterocycles. The summed E-state index contributed by atoms with van der Waals surface area (Å²) >= 11 is 0. The SMILES string of the molecule is COC(=O)CCN(CC(C)C)C(=O)C1CCC(C(=O)O)C1. The second-order valence-corrected chi connectivity index (χ2v) is 6.05. The highest BCUT2D eigenvalue weighted by Gasteiger charge is 2.36.